The molecule has 0 saturated heterocycles. The Morgan fingerprint density at radius 2 is 2.22 bits per heavy atom. The van der Waals surface area contributed by atoms with E-state index in [9.17, 15) is 10.1 Å². The van der Waals surface area contributed by atoms with Gasteiger partial charge in [0, 0.05) is 18.5 Å². The van der Waals surface area contributed by atoms with Gasteiger partial charge in [-0.05, 0) is 19.9 Å². The number of nitro groups is 1. The van der Waals surface area contributed by atoms with Crippen molar-refractivity contribution in [3.05, 3.63) is 46.5 Å². The van der Waals surface area contributed by atoms with E-state index in [1.54, 1.807) is 12.3 Å². The monoisotopic (exact) mass is 245 g/mol. The summed E-state index contributed by atoms with van der Waals surface area (Å²) in [6.45, 7) is 3.77. The minimum Gasteiger partial charge on any atom is -0.477 e. The fourth-order valence-electron chi connectivity index (χ4n) is 2.16. The Morgan fingerprint density at radius 3 is 2.94 bits per heavy atom. The zero-order valence-electron chi connectivity index (χ0n) is 9.95. The first kappa shape index (κ1) is 10.8. The number of nitrogens with zero attached hydrogens (tertiary/aromatic N) is 3. The van der Waals surface area contributed by atoms with Crippen LogP contribution >= 0.6 is 0 Å². The predicted molar refractivity (Wildman–Crippen MR) is 63.9 cm³/mol. The van der Waals surface area contributed by atoms with E-state index in [-0.39, 0.29) is 5.69 Å². The molecule has 0 aliphatic carbocycles. The molecule has 18 heavy (non-hydrogen) atoms. The number of rotatable bonds is 1. The molecule has 0 atom stereocenters. The largest absolute Gasteiger partial charge is 0.477 e. The number of hydrogen-bond donors (Lipinski definition) is 0. The van der Waals surface area contributed by atoms with Gasteiger partial charge in [-0.25, -0.2) is 4.98 Å². The fraction of sp³-hybridized carbons (Fsp3) is 0.250. The summed E-state index contributed by atoms with van der Waals surface area (Å²) >= 11 is 0. The molecule has 0 saturated carbocycles. The molecule has 6 nitrogen and oxygen atoms in total. The summed E-state index contributed by atoms with van der Waals surface area (Å²) in [5, 5.41) is 10.8. The van der Waals surface area contributed by atoms with Crippen LogP contribution in [0.25, 0.3) is 5.69 Å². The standard InChI is InChI=1S/C12H11N3O3/c1-12(2)11-13-5-6-14(11)9-4-3-8(15(16)17)7-10(9)18-12/h3-7H,1-2H3. The molecule has 0 radical (unpaired) electrons. The van der Waals surface area contributed by atoms with Crippen molar-refractivity contribution in [1.82, 2.24) is 9.55 Å². The van der Waals surface area contributed by atoms with E-state index in [0.29, 0.717) is 5.75 Å². The van der Waals surface area contributed by atoms with Gasteiger partial charge in [0.25, 0.3) is 5.69 Å². The van der Waals surface area contributed by atoms with E-state index in [1.807, 2.05) is 24.6 Å². The number of benzene rings is 1. The Bertz CT molecular complexity index is 646. The number of nitro benzene ring substituents is 1. The number of imidazole rings is 1. The number of fused-ring (bicyclic) bond motifs is 3. The van der Waals surface area contributed by atoms with Crippen LogP contribution in [0.1, 0.15) is 19.7 Å². The zero-order chi connectivity index (χ0) is 12.9. The SMILES string of the molecule is CC1(C)Oc2cc([N+](=O)[O-])ccc2-n2ccnc21. The maximum absolute atomic E-state index is 10.8. The van der Waals surface area contributed by atoms with Crippen LogP contribution in [0.15, 0.2) is 30.6 Å². The molecule has 0 N–H and O–H groups in total. The van der Waals surface area contributed by atoms with Crippen molar-refractivity contribution in [3.63, 3.8) is 0 Å². The van der Waals surface area contributed by atoms with Gasteiger partial charge in [0.15, 0.2) is 17.2 Å². The molecule has 92 valence electrons. The third-order valence-corrected chi connectivity index (χ3v) is 2.96. The fourth-order valence-corrected chi connectivity index (χ4v) is 2.16. The molecular weight excluding hydrogens is 234 g/mol. The van der Waals surface area contributed by atoms with Gasteiger partial charge in [-0.15, -0.1) is 0 Å². The van der Waals surface area contributed by atoms with Gasteiger partial charge in [-0.1, -0.05) is 0 Å². The maximum Gasteiger partial charge on any atom is 0.273 e. The van der Waals surface area contributed by atoms with E-state index >= 15 is 0 Å². The van der Waals surface area contributed by atoms with Gasteiger partial charge in [0.2, 0.25) is 0 Å². The molecule has 0 spiro atoms. The lowest BCUT2D eigenvalue weighted by molar-refractivity contribution is -0.385. The van der Waals surface area contributed by atoms with Crippen molar-refractivity contribution in [1.29, 1.82) is 0 Å². The minimum absolute atomic E-state index is 0.0214. The van der Waals surface area contributed by atoms with Gasteiger partial charge >= 0.3 is 0 Å². The predicted octanol–water partition coefficient (Wildman–Crippen LogP) is 2.41. The van der Waals surface area contributed by atoms with E-state index < -0.39 is 10.5 Å². The number of ether oxygens (including phenoxy) is 1. The van der Waals surface area contributed by atoms with Crippen LogP contribution in [0.5, 0.6) is 5.75 Å². The van der Waals surface area contributed by atoms with Crippen LogP contribution in [-0.4, -0.2) is 14.5 Å². The first-order valence-electron chi connectivity index (χ1n) is 5.51. The van der Waals surface area contributed by atoms with Crippen molar-refractivity contribution >= 4 is 5.69 Å². The molecule has 1 aromatic carbocycles. The number of hydrogen-bond acceptors (Lipinski definition) is 4. The third-order valence-electron chi connectivity index (χ3n) is 2.96. The highest BCUT2D eigenvalue weighted by molar-refractivity contribution is 5.55. The van der Waals surface area contributed by atoms with Gasteiger partial charge in [0.1, 0.15) is 0 Å². The molecule has 0 fully saturated rings. The maximum atomic E-state index is 10.8. The van der Waals surface area contributed by atoms with Crippen LogP contribution in [0.3, 0.4) is 0 Å². The zero-order valence-corrected chi connectivity index (χ0v) is 9.95. The Labute approximate surface area is 103 Å². The molecule has 0 unspecified atom stereocenters. The normalized spacial score (nSPS) is 15.4. The Morgan fingerprint density at radius 1 is 1.44 bits per heavy atom. The highest BCUT2D eigenvalue weighted by Crippen LogP contribution is 2.39. The minimum atomic E-state index is -0.605. The lowest BCUT2D eigenvalue weighted by atomic mass is 10.1. The molecule has 2 heterocycles. The average molecular weight is 245 g/mol. The van der Waals surface area contributed by atoms with Gasteiger partial charge in [-0.2, -0.15) is 0 Å². The van der Waals surface area contributed by atoms with Crippen LogP contribution in [0, 0.1) is 10.1 Å². The van der Waals surface area contributed by atoms with E-state index in [2.05, 4.69) is 4.98 Å². The van der Waals surface area contributed by atoms with Gasteiger partial charge < -0.3 is 4.74 Å². The van der Waals surface area contributed by atoms with E-state index in [0.717, 1.165) is 11.5 Å². The topological polar surface area (TPSA) is 70.2 Å². The molecule has 1 aromatic heterocycles. The van der Waals surface area contributed by atoms with E-state index in [4.69, 9.17) is 4.74 Å². The Kier molecular flexibility index (Phi) is 1.98. The molecule has 2 aromatic rings. The summed E-state index contributed by atoms with van der Waals surface area (Å²) in [4.78, 5) is 14.6. The van der Waals surface area contributed by atoms with Gasteiger partial charge in [0.05, 0.1) is 16.7 Å². The first-order chi connectivity index (χ1) is 8.49. The summed E-state index contributed by atoms with van der Waals surface area (Å²) in [7, 11) is 0. The number of non-ortho nitro benzene ring substituents is 1. The highest BCUT2D eigenvalue weighted by Gasteiger charge is 2.34. The highest BCUT2D eigenvalue weighted by atomic mass is 16.6. The quantitative estimate of drug-likeness (QED) is 0.571. The summed E-state index contributed by atoms with van der Waals surface area (Å²) in [5.41, 5.74) is 0.187. The smallest absolute Gasteiger partial charge is 0.273 e. The Balaban J connectivity index is 2.23. The van der Waals surface area contributed by atoms with Crippen molar-refractivity contribution < 1.29 is 9.66 Å². The molecule has 6 heteroatoms. The van der Waals surface area contributed by atoms with Crippen molar-refractivity contribution in [2.75, 3.05) is 0 Å². The summed E-state index contributed by atoms with van der Waals surface area (Å²) in [6.07, 6.45) is 3.52. The van der Waals surface area contributed by atoms with E-state index in [1.165, 1.54) is 12.1 Å². The Hall–Kier alpha value is -2.37. The van der Waals surface area contributed by atoms with Crippen LogP contribution in [0.4, 0.5) is 5.69 Å². The van der Waals surface area contributed by atoms with Crippen molar-refractivity contribution in [2.45, 2.75) is 19.4 Å². The molecule has 0 bridgehead atoms. The second-order valence-corrected chi connectivity index (χ2v) is 4.64. The molecule has 0 amide bonds. The van der Waals surface area contributed by atoms with Gasteiger partial charge in [-0.3, -0.25) is 14.7 Å². The molecular formula is C12H11N3O3. The summed E-state index contributed by atoms with van der Waals surface area (Å²) in [5.74, 6) is 1.28. The lowest BCUT2D eigenvalue weighted by Gasteiger charge is -2.32. The van der Waals surface area contributed by atoms with Crippen LogP contribution in [-0.2, 0) is 5.60 Å². The first-order valence-corrected chi connectivity index (χ1v) is 5.51. The van der Waals surface area contributed by atoms with Crippen LogP contribution in [0.2, 0.25) is 0 Å². The van der Waals surface area contributed by atoms with Crippen molar-refractivity contribution in [3.8, 4) is 11.4 Å². The van der Waals surface area contributed by atoms with Crippen molar-refractivity contribution in [2.24, 2.45) is 0 Å². The van der Waals surface area contributed by atoms with Crippen LogP contribution < -0.4 is 4.74 Å². The average Bonchev–Trinajstić information content (AvgIpc) is 2.77. The molecule has 1 aliphatic rings. The second-order valence-electron chi connectivity index (χ2n) is 4.64. The lowest BCUT2D eigenvalue weighted by Crippen LogP contribution is -2.33. The summed E-state index contributed by atoms with van der Waals surface area (Å²) in [6, 6.07) is 4.58. The summed E-state index contributed by atoms with van der Waals surface area (Å²) < 4.78 is 7.70. The second kappa shape index (κ2) is 3.32. The molecule has 1 aliphatic heterocycles. The number of aromatic nitrogens is 2. The third kappa shape index (κ3) is 1.38. The molecule has 3 rings (SSSR count).